The number of amides is 1. The van der Waals surface area contributed by atoms with Crippen molar-refractivity contribution < 1.29 is 22.0 Å². The van der Waals surface area contributed by atoms with Gasteiger partial charge in [0.15, 0.2) is 0 Å². The first kappa shape index (κ1) is 17.6. The standard InChI is InChI=1S/C16H14F2N2O3S/c1-2-9-19-16(21)12-5-3-4-6-14(12)20-24(22,23)15-10-11(17)7-8-13(15)18/h2-8,10,20H,1,9H2,(H,19,21). The lowest BCUT2D eigenvalue weighted by molar-refractivity contribution is 0.0959. The second kappa shape index (κ2) is 7.22. The van der Waals surface area contributed by atoms with Crippen molar-refractivity contribution in [3.8, 4) is 0 Å². The number of anilines is 1. The van der Waals surface area contributed by atoms with Crippen molar-refractivity contribution in [2.24, 2.45) is 0 Å². The summed E-state index contributed by atoms with van der Waals surface area (Å²) >= 11 is 0. The van der Waals surface area contributed by atoms with E-state index in [1.54, 1.807) is 6.07 Å². The van der Waals surface area contributed by atoms with Gasteiger partial charge in [0.1, 0.15) is 16.5 Å². The topological polar surface area (TPSA) is 75.3 Å². The van der Waals surface area contributed by atoms with Crippen LogP contribution in [0.25, 0.3) is 0 Å². The molecule has 0 fully saturated rings. The van der Waals surface area contributed by atoms with E-state index in [-0.39, 0.29) is 17.8 Å². The first-order valence-electron chi connectivity index (χ1n) is 6.81. The van der Waals surface area contributed by atoms with Crippen LogP contribution < -0.4 is 10.0 Å². The molecule has 8 heteroatoms. The van der Waals surface area contributed by atoms with Gasteiger partial charge in [-0.25, -0.2) is 17.2 Å². The van der Waals surface area contributed by atoms with Crippen LogP contribution >= 0.6 is 0 Å². The Hall–Kier alpha value is -2.74. The molecule has 2 rings (SSSR count). The molecule has 0 aliphatic rings. The summed E-state index contributed by atoms with van der Waals surface area (Å²) in [5.74, 6) is -2.53. The smallest absolute Gasteiger partial charge is 0.264 e. The number of benzene rings is 2. The summed E-state index contributed by atoms with van der Waals surface area (Å²) in [7, 11) is -4.41. The fourth-order valence-corrected chi connectivity index (χ4v) is 3.08. The minimum Gasteiger partial charge on any atom is -0.349 e. The van der Waals surface area contributed by atoms with Crippen LogP contribution in [0, 0.1) is 11.6 Å². The van der Waals surface area contributed by atoms with Gasteiger partial charge in [0.05, 0.1) is 11.3 Å². The zero-order chi connectivity index (χ0) is 17.7. The van der Waals surface area contributed by atoms with Crippen LogP contribution in [0.1, 0.15) is 10.4 Å². The molecule has 2 aromatic carbocycles. The highest BCUT2D eigenvalue weighted by atomic mass is 32.2. The number of carbonyl (C=O) groups excluding carboxylic acids is 1. The van der Waals surface area contributed by atoms with Crippen LogP contribution in [-0.2, 0) is 10.0 Å². The minimum atomic E-state index is -4.41. The summed E-state index contributed by atoms with van der Waals surface area (Å²) in [5, 5.41) is 2.51. The fourth-order valence-electron chi connectivity index (χ4n) is 1.91. The number of nitrogens with one attached hydrogen (secondary N) is 2. The van der Waals surface area contributed by atoms with Crippen LogP contribution in [0.4, 0.5) is 14.5 Å². The Kier molecular flexibility index (Phi) is 5.30. The molecule has 24 heavy (non-hydrogen) atoms. The van der Waals surface area contributed by atoms with Crippen molar-refractivity contribution in [1.29, 1.82) is 0 Å². The monoisotopic (exact) mass is 352 g/mol. The van der Waals surface area contributed by atoms with Gasteiger partial charge >= 0.3 is 0 Å². The zero-order valence-corrected chi connectivity index (χ0v) is 13.2. The number of hydrogen-bond acceptors (Lipinski definition) is 3. The Bertz CT molecular complexity index is 883. The van der Waals surface area contributed by atoms with Gasteiger partial charge in [0, 0.05) is 6.54 Å². The molecular weight excluding hydrogens is 338 g/mol. The summed E-state index contributed by atoms with van der Waals surface area (Å²) in [6.45, 7) is 3.66. The van der Waals surface area contributed by atoms with Crippen molar-refractivity contribution in [1.82, 2.24) is 5.32 Å². The minimum absolute atomic E-state index is 0.0414. The predicted octanol–water partition coefficient (Wildman–Crippen LogP) is 2.68. The molecule has 0 aliphatic carbocycles. The second-order valence-corrected chi connectivity index (χ2v) is 6.38. The van der Waals surface area contributed by atoms with Gasteiger partial charge in [-0.15, -0.1) is 6.58 Å². The lowest BCUT2D eigenvalue weighted by Crippen LogP contribution is -2.25. The summed E-state index contributed by atoms with van der Waals surface area (Å²) in [6, 6.07) is 7.89. The Morgan fingerprint density at radius 2 is 1.88 bits per heavy atom. The van der Waals surface area contributed by atoms with Crippen molar-refractivity contribution in [3.63, 3.8) is 0 Å². The number of carbonyl (C=O) groups is 1. The third-order valence-corrected chi connectivity index (χ3v) is 4.39. The summed E-state index contributed by atoms with van der Waals surface area (Å²) < 4.78 is 53.7. The van der Waals surface area contributed by atoms with Crippen LogP contribution in [0.2, 0.25) is 0 Å². The molecule has 126 valence electrons. The lowest BCUT2D eigenvalue weighted by atomic mass is 10.1. The van der Waals surface area contributed by atoms with E-state index in [9.17, 15) is 22.0 Å². The summed E-state index contributed by atoms with van der Waals surface area (Å²) in [5.41, 5.74) is -0.0116. The third-order valence-electron chi connectivity index (χ3n) is 3.01. The van der Waals surface area contributed by atoms with E-state index in [1.165, 1.54) is 24.3 Å². The van der Waals surface area contributed by atoms with E-state index >= 15 is 0 Å². The molecule has 2 N–H and O–H groups in total. The highest BCUT2D eigenvalue weighted by Crippen LogP contribution is 2.22. The van der Waals surface area contributed by atoms with Crippen molar-refractivity contribution >= 4 is 21.6 Å². The average Bonchev–Trinajstić information content (AvgIpc) is 2.55. The third kappa shape index (κ3) is 3.96. The fraction of sp³-hybridized carbons (Fsp3) is 0.0625. The van der Waals surface area contributed by atoms with E-state index in [0.29, 0.717) is 12.1 Å². The van der Waals surface area contributed by atoms with E-state index in [1.807, 2.05) is 0 Å². The Morgan fingerprint density at radius 1 is 1.17 bits per heavy atom. The maximum absolute atomic E-state index is 13.7. The molecule has 0 aliphatic heterocycles. The average molecular weight is 352 g/mol. The maximum Gasteiger partial charge on any atom is 0.264 e. The predicted molar refractivity (Wildman–Crippen MR) is 86.1 cm³/mol. The van der Waals surface area contributed by atoms with Crippen molar-refractivity contribution in [2.45, 2.75) is 4.90 Å². The molecule has 0 radical (unpaired) electrons. The molecule has 0 saturated heterocycles. The Balaban J connectivity index is 2.38. The zero-order valence-electron chi connectivity index (χ0n) is 12.4. The van der Waals surface area contributed by atoms with Crippen molar-refractivity contribution in [3.05, 3.63) is 72.3 Å². The molecular formula is C16H14F2N2O3S. The number of hydrogen-bond donors (Lipinski definition) is 2. The highest BCUT2D eigenvalue weighted by Gasteiger charge is 2.22. The maximum atomic E-state index is 13.7. The molecule has 5 nitrogen and oxygen atoms in total. The highest BCUT2D eigenvalue weighted by molar-refractivity contribution is 7.92. The summed E-state index contributed by atoms with van der Waals surface area (Å²) in [6.07, 6.45) is 1.47. The van der Waals surface area contributed by atoms with Gasteiger partial charge in [0.25, 0.3) is 15.9 Å². The van der Waals surface area contributed by atoms with Gasteiger partial charge in [-0.1, -0.05) is 18.2 Å². The quantitative estimate of drug-likeness (QED) is 0.785. The molecule has 0 aromatic heterocycles. The summed E-state index contributed by atoms with van der Waals surface area (Å²) in [4.78, 5) is 11.2. The molecule has 2 aromatic rings. The number of sulfonamides is 1. The first-order valence-corrected chi connectivity index (χ1v) is 8.29. The van der Waals surface area contributed by atoms with E-state index in [2.05, 4.69) is 16.6 Å². The van der Waals surface area contributed by atoms with Crippen LogP contribution in [0.3, 0.4) is 0 Å². The van der Waals surface area contributed by atoms with Crippen molar-refractivity contribution in [2.75, 3.05) is 11.3 Å². The molecule has 0 bridgehead atoms. The number of rotatable bonds is 6. The van der Waals surface area contributed by atoms with Crippen LogP contribution in [0.5, 0.6) is 0 Å². The van der Waals surface area contributed by atoms with Gasteiger partial charge in [0.2, 0.25) is 0 Å². The normalized spacial score (nSPS) is 10.9. The first-order chi connectivity index (χ1) is 11.3. The molecule has 0 unspecified atom stereocenters. The van der Waals surface area contributed by atoms with E-state index < -0.39 is 32.5 Å². The Morgan fingerprint density at radius 3 is 2.58 bits per heavy atom. The van der Waals surface area contributed by atoms with E-state index in [0.717, 1.165) is 6.07 Å². The Labute approximate surface area is 138 Å². The van der Waals surface area contributed by atoms with Gasteiger partial charge in [-0.3, -0.25) is 9.52 Å². The molecule has 0 atom stereocenters. The lowest BCUT2D eigenvalue weighted by Gasteiger charge is -2.13. The largest absolute Gasteiger partial charge is 0.349 e. The van der Waals surface area contributed by atoms with E-state index in [4.69, 9.17) is 0 Å². The molecule has 0 spiro atoms. The second-order valence-electron chi connectivity index (χ2n) is 4.72. The molecule has 0 saturated carbocycles. The SMILES string of the molecule is C=CCNC(=O)c1ccccc1NS(=O)(=O)c1cc(F)ccc1F. The molecule has 1 amide bonds. The van der Waals surface area contributed by atoms with Gasteiger partial charge < -0.3 is 5.32 Å². The van der Waals surface area contributed by atoms with Crippen LogP contribution in [0.15, 0.2) is 60.0 Å². The van der Waals surface area contributed by atoms with Gasteiger partial charge in [-0.05, 0) is 30.3 Å². The van der Waals surface area contributed by atoms with Crippen LogP contribution in [-0.4, -0.2) is 20.9 Å². The number of halogens is 2. The number of para-hydroxylation sites is 1. The molecule has 0 heterocycles. The van der Waals surface area contributed by atoms with Gasteiger partial charge in [-0.2, -0.15) is 0 Å².